The molecule has 0 amide bonds. The van der Waals surface area contributed by atoms with Crippen LogP contribution in [-0.2, 0) is 6.54 Å². The van der Waals surface area contributed by atoms with E-state index in [0.717, 1.165) is 13.0 Å². The Morgan fingerprint density at radius 3 is 2.71 bits per heavy atom. The van der Waals surface area contributed by atoms with E-state index >= 15 is 0 Å². The maximum absolute atomic E-state index is 9.75. The first-order chi connectivity index (χ1) is 6.53. The van der Waals surface area contributed by atoms with Gasteiger partial charge < -0.3 is 10.4 Å². The molecule has 0 saturated heterocycles. The van der Waals surface area contributed by atoms with Gasteiger partial charge in [-0.1, -0.05) is 6.92 Å². The van der Waals surface area contributed by atoms with Crippen molar-refractivity contribution in [1.82, 2.24) is 5.32 Å². The Bertz CT molecular complexity index is 281. The molecule has 0 bridgehead atoms. The van der Waals surface area contributed by atoms with Crippen molar-refractivity contribution in [3.63, 3.8) is 0 Å². The van der Waals surface area contributed by atoms with E-state index in [1.807, 2.05) is 13.8 Å². The third kappa shape index (κ3) is 3.78. The van der Waals surface area contributed by atoms with Crippen LogP contribution in [0.5, 0.6) is 0 Å². The molecule has 1 heterocycles. The van der Waals surface area contributed by atoms with Crippen LogP contribution in [0.15, 0.2) is 12.1 Å². The van der Waals surface area contributed by atoms with E-state index in [9.17, 15) is 5.11 Å². The fourth-order valence-corrected chi connectivity index (χ4v) is 2.02. The molecule has 0 aromatic carbocycles. The maximum Gasteiger partial charge on any atom is 0.0741 e. The van der Waals surface area contributed by atoms with Crippen LogP contribution >= 0.6 is 11.3 Å². The summed E-state index contributed by atoms with van der Waals surface area (Å²) in [7, 11) is 0. The molecule has 0 fully saturated rings. The minimum Gasteiger partial charge on any atom is -0.389 e. The molecule has 1 unspecified atom stereocenters. The SMILES string of the molecule is CCC(C)(O)CNCc1ccc(C)s1. The lowest BCUT2D eigenvalue weighted by Gasteiger charge is -2.21. The molecule has 3 heteroatoms. The number of hydrogen-bond acceptors (Lipinski definition) is 3. The van der Waals surface area contributed by atoms with Gasteiger partial charge in [-0.3, -0.25) is 0 Å². The maximum atomic E-state index is 9.75. The van der Waals surface area contributed by atoms with Gasteiger partial charge in [0.2, 0.25) is 0 Å². The zero-order valence-electron chi connectivity index (χ0n) is 9.13. The quantitative estimate of drug-likeness (QED) is 0.786. The Labute approximate surface area is 90.0 Å². The number of aryl methyl sites for hydroxylation is 1. The number of thiophene rings is 1. The Kier molecular flexibility index (Phi) is 4.11. The third-order valence-corrected chi connectivity index (χ3v) is 3.36. The summed E-state index contributed by atoms with van der Waals surface area (Å²) >= 11 is 1.80. The van der Waals surface area contributed by atoms with Gasteiger partial charge in [-0.15, -0.1) is 11.3 Å². The first-order valence-electron chi connectivity index (χ1n) is 5.02. The van der Waals surface area contributed by atoms with Crippen LogP contribution < -0.4 is 5.32 Å². The molecule has 0 radical (unpaired) electrons. The van der Waals surface area contributed by atoms with Crippen LogP contribution in [0.25, 0.3) is 0 Å². The highest BCUT2D eigenvalue weighted by Gasteiger charge is 2.16. The Morgan fingerprint density at radius 1 is 1.50 bits per heavy atom. The second-order valence-electron chi connectivity index (χ2n) is 3.97. The third-order valence-electron chi connectivity index (χ3n) is 2.36. The average Bonchev–Trinajstić information content (AvgIpc) is 2.51. The summed E-state index contributed by atoms with van der Waals surface area (Å²) < 4.78 is 0. The minimum atomic E-state index is -0.577. The van der Waals surface area contributed by atoms with Crippen LogP contribution in [0.3, 0.4) is 0 Å². The summed E-state index contributed by atoms with van der Waals surface area (Å²) in [5, 5.41) is 13.0. The van der Waals surface area contributed by atoms with Crippen molar-refractivity contribution in [1.29, 1.82) is 0 Å². The molecule has 80 valence electrons. The van der Waals surface area contributed by atoms with Crippen LogP contribution in [0, 0.1) is 6.92 Å². The zero-order valence-corrected chi connectivity index (χ0v) is 9.95. The summed E-state index contributed by atoms with van der Waals surface area (Å²) in [6.07, 6.45) is 0.781. The molecule has 0 aliphatic rings. The van der Waals surface area contributed by atoms with Gasteiger partial charge in [0.05, 0.1) is 5.60 Å². The predicted octanol–water partition coefficient (Wildman–Crippen LogP) is 2.31. The van der Waals surface area contributed by atoms with Crippen molar-refractivity contribution in [3.8, 4) is 0 Å². The topological polar surface area (TPSA) is 32.3 Å². The van der Waals surface area contributed by atoms with Gasteiger partial charge >= 0.3 is 0 Å². The number of rotatable bonds is 5. The second-order valence-corrected chi connectivity index (χ2v) is 5.34. The van der Waals surface area contributed by atoms with Crippen LogP contribution in [0.2, 0.25) is 0 Å². The first-order valence-corrected chi connectivity index (χ1v) is 5.83. The van der Waals surface area contributed by atoms with E-state index in [-0.39, 0.29) is 0 Å². The lowest BCUT2D eigenvalue weighted by atomic mass is 10.0. The number of aliphatic hydroxyl groups is 1. The van der Waals surface area contributed by atoms with Gasteiger partial charge in [0.25, 0.3) is 0 Å². The Morgan fingerprint density at radius 2 is 2.21 bits per heavy atom. The fourth-order valence-electron chi connectivity index (χ4n) is 1.16. The highest BCUT2D eigenvalue weighted by molar-refractivity contribution is 7.11. The van der Waals surface area contributed by atoms with Crippen molar-refractivity contribution in [2.45, 2.75) is 39.3 Å². The van der Waals surface area contributed by atoms with E-state index in [0.29, 0.717) is 6.54 Å². The van der Waals surface area contributed by atoms with E-state index in [2.05, 4.69) is 24.4 Å². The molecular formula is C11H19NOS. The van der Waals surface area contributed by atoms with E-state index in [4.69, 9.17) is 0 Å². The lowest BCUT2D eigenvalue weighted by Crippen LogP contribution is -2.36. The zero-order chi connectivity index (χ0) is 10.6. The Balaban J connectivity index is 2.28. The van der Waals surface area contributed by atoms with E-state index in [1.54, 1.807) is 11.3 Å². The summed E-state index contributed by atoms with van der Waals surface area (Å²) in [5.74, 6) is 0. The summed E-state index contributed by atoms with van der Waals surface area (Å²) in [4.78, 5) is 2.67. The fraction of sp³-hybridized carbons (Fsp3) is 0.636. The molecule has 2 nitrogen and oxygen atoms in total. The molecule has 1 aromatic heterocycles. The van der Waals surface area contributed by atoms with Gasteiger partial charge in [-0.2, -0.15) is 0 Å². The summed E-state index contributed by atoms with van der Waals surface area (Å²) in [5.41, 5.74) is -0.577. The smallest absolute Gasteiger partial charge is 0.0741 e. The molecular weight excluding hydrogens is 194 g/mol. The highest BCUT2D eigenvalue weighted by atomic mass is 32.1. The van der Waals surface area contributed by atoms with Crippen LogP contribution in [0.4, 0.5) is 0 Å². The molecule has 0 aliphatic carbocycles. The minimum absolute atomic E-state index is 0.577. The average molecular weight is 213 g/mol. The van der Waals surface area contributed by atoms with Crippen molar-refractivity contribution in [3.05, 3.63) is 21.9 Å². The van der Waals surface area contributed by atoms with Gasteiger partial charge in [-0.25, -0.2) is 0 Å². The monoisotopic (exact) mass is 213 g/mol. The predicted molar refractivity (Wildman–Crippen MR) is 61.7 cm³/mol. The Hall–Kier alpha value is -0.380. The molecule has 0 spiro atoms. The van der Waals surface area contributed by atoms with E-state index < -0.39 is 5.60 Å². The van der Waals surface area contributed by atoms with E-state index in [1.165, 1.54) is 9.75 Å². The van der Waals surface area contributed by atoms with Crippen LogP contribution in [0.1, 0.15) is 30.0 Å². The molecule has 14 heavy (non-hydrogen) atoms. The second kappa shape index (κ2) is 4.91. The number of nitrogens with one attached hydrogen (secondary N) is 1. The van der Waals surface area contributed by atoms with Crippen molar-refractivity contribution in [2.75, 3.05) is 6.54 Å². The van der Waals surface area contributed by atoms with Gasteiger partial charge in [-0.05, 0) is 32.4 Å². The van der Waals surface area contributed by atoms with Gasteiger partial charge in [0.1, 0.15) is 0 Å². The standard InChI is InChI=1S/C11H19NOS/c1-4-11(3,13)8-12-7-10-6-5-9(2)14-10/h5-6,12-13H,4,7-8H2,1-3H3. The summed E-state index contributed by atoms with van der Waals surface area (Å²) in [6, 6.07) is 4.26. The largest absolute Gasteiger partial charge is 0.389 e. The van der Waals surface area contributed by atoms with Crippen molar-refractivity contribution in [2.24, 2.45) is 0 Å². The molecule has 1 atom stereocenters. The normalized spacial score (nSPS) is 15.4. The molecule has 1 rings (SSSR count). The van der Waals surface area contributed by atoms with Gasteiger partial charge in [0, 0.05) is 22.8 Å². The van der Waals surface area contributed by atoms with Crippen molar-refractivity contribution >= 4 is 11.3 Å². The molecule has 2 N–H and O–H groups in total. The summed E-state index contributed by atoms with van der Waals surface area (Å²) in [6.45, 7) is 7.47. The van der Waals surface area contributed by atoms with Gasteiger partial charge in [0.15, 0.2) is 0 Å². The molecule has 0 saturated carbocycles. The van der Waals surface area contributed by atoms with Crippen molar-refractivity contribution < 1.29 is 5.11 Å². The number of hydrogen-bond donors (Lipinski definition) is 2. The molecule has 0 aliphatic heterocycles. The lowest BCUT2D eigenvalue weighted by molar-refractivity contribution is 0.0556. The highest BCUT2D eigenvalue weighted by Crippen LogP contribution is 2.15. The van der Waals surface area contributed by atoms with Crippen LogP contribution in [-0.4, -0.2) is 17.3 Å². The first kappa shape index (κ1) is 11.7. The molecule has 1 aromatic rings.